The van der Waals surface area contributed by atoms with Gasteiger partial charge in [-0.2, -0.15) is 0 Å². The lowest BCUT2D eigenvalue weighted by atomic mass is 10.2. The van der Waals surface area contributed by atoms with Gasteiger partial charge in [0.1, 0.15) is 0 Å². The van der Waals surface area contributed by atoms with Crippen LogP contribution in [0.25, 0.3) is 0 Å². The quantitative estimate of drug-likeness (QED) is 0.0913. The SMILES string of the molecule is CCCCCCP(CCCCCC)CN(CP(CCCCCC)CCCCCC)c1ccccc1. The fourth-order valence-corrected chi connectivity index (χ4v) is 10.2. The zero-order valence-corrected chi connectivity index (χ0v) is 26.1. The van der Waals surface area contributed by atoms with Crippen molar-refractivity contribution in [1.82, 2.24) is 0 Å². The maximum Gasteiger partial charge on any atom is 0.0380 e. The number of unbranched alkanes of at least 4 members (excludes halogenated alkanes) is 12. The van der Waals surface area contributed by atoms with E-state index < -0.39 is 0 Å². The van der Waals surface area contributed by atoms with Gasteiger partial charge in [0, 0.05) is 18.3 Å². The number of nitrogens with zero attached hydrogens (tertiary/aromatic N) is 1. The van der Waals surface area contributed by atoms with E-state index in [0.29, 0.717) is 0 Å². The lowest BCUT2D eigenvalue weighted by molar-refractivity contribution is 0.694. The summed E-state index contributed by atoms with van der Waals surface area (Å²) in [6.45, 7) is 9.37. The van der Waals surface area contributed by atoms with Crippen molar-refractivity contribution in [3.63, 3.8) is 0 Å². The molecule has 0 fully saturated rings. The summed E-state index contributed by atoms with van der Waals surface area (Å²) in [5.74, 6) is 0. The summed E-state index contributed by atoms with van der Waals surface area (Å²) >= 11 is 0. The number of rotatable bonds is 25. The molecular weight excluding hydrogens is 460 g/mol. The topological polar surface area (TPSA) is 3.24 Å². The van der Waals surface area contributed by atoms with E-state index in [1.807, 2.05) is 0 Å². The summed E-state index contributed by atoms with van der Waals surface area (Å²) < 4.78 is 0. The average Bonchev–Trinajstić information content (AvgIpc) is 2.89. The van der Waals surface area contributed by atoms with Crippen molar-refractivity contribution < 1.29 is 0 Å². The molecule has 1 nitrogen and oxygen atoms in total. The van der Waals surface area contributed by atoms with Crippen molar-refractivity contribution >= 4 is 21.5 Å². The monoisotopic (exact) mass is 521 g/mol. The van der Waals surface area contributed by atoms with Crippen LogP contribution in [0.5, 0.6) is 0 Å². The van der Waals surface area contributed by atoms with Gasteiger partial charge in [-0.05, 0) is 62.5 Å². The summed E-state index contributed by atoms with van der Waals surface area (Å²) in [5, 5.41) is 0. The van der Waals surface area contributed by atoms with Gasteiger partial charge in [0.25, 0.3) is 0 Å². The van der Waals surface area contributed by atoms with E-state index in [9.17, 15) is 0 Å². The van der Waals surface area contributed by atoms with Gasteiger partial charge in [-0.25, -0.2) is 0 Å². The van der Waals surface area contributed by atoms with Crippen LogP contribution in [-0.4, -0.2) is 37.2 Å². The van der Waals surface area contributed by atoms with E-state index in [4.69, 9.17) is 0 Å². The Bertz CT molecular complexity index is 496. The fourth-order valence-electron chi connectivity index (χ4n) is 4.88. The summed E-state index contributed by atoms with van der Waals surface area (Å²) in [6.07, 6.45) is 31.4. The fraction of sp³-hybridized carbons (Fsp3) is 0.812. The molecule has 0 bridgehead atoms. The van der Waals surface area contributed by atoms with E-state index in [-0.39, 0.29) is 15.8 Å². The number of anilines is 1. The highest BCUT2D eigenvalue weighted by Gasteiger charge is 2.18. The van der Waals surface area contributed by atoms with E-state index in [1.165, 1.54) is 146 Å². The number of benzene rings is 1. The zero-order chi connectivity index (χ0) is 25.4. The Balaban J connectivity index is 2.87. The largest absolute Gasteiger partial charge is 0.363 e. The first-order valence-electron chi connectivity index (χ1n) is 15.5. The van der Waals surface area contributed by atoms with Crippen molar-refractivity contribution in [3.8, 4) is 0 Å². The Morgan fingerprint density at radius 2 is 0.800 bits per heavy atom. The van der Waals surface area contributed by atoms with E-state index in [0.717, 1.165) is 0 Å². The Morgan fingerprint density at radius 1 is 0.457 bits per heavy atom. The average molecular weight is 522 g/mol. The second kappa shape index (κ2) is 24.2. The maximum atomic E-state index is 2.87. The lowest BCUT2D eigenvalue weighted by Crippen LogP contribution is -2.26. The highest BCUT2D eigenvalue weighted by atomic mass is 31.1. The minimum absolute atomic E-state index is 0.112. The molecule has 1 aromatic carbocycles. The summed E-state index contributed by atoms with van der Waals surface area (Å²) in [7, 11) is 0.223. The predicted octanol–water partition coefficient (Wildman–Crippen LogP) is 11.7. The van der Waals surface area contributed by atoms with Gasteiger partial charge in [-0.3, -0.25) is 0 Å². The third-order valence-electron chi connectivity index (χ3n) is 7.17. The smallest absolute Gasteiger partial charge is 0.0380 e. The molecule has 0 atom stereocenters. The van der Waals surface area contributed by atoms with Crippen molar-refractivity contribution in [2.45, 2.75) is 130 Å². The minimum atomic E-state index is 0.112. The van der Waals surface area contributed by atoms with Crippen molar-refractivity contribution in [2.75, 3.05) is 42.1 Å². The van der Waals surface area contributed by atoms with Gasteiger partial charge >= 0.3 is 0 Å². The van der Waals surface area contributed by atoms with Gasteiger partial charge in [0.05, 0.1) is 0 Å². The van der Waals surface area contributed by atoms with Crippen LogP contribution in [-0.2, 0) is 0 Å². The molecule has 1 rings (SSSR count). The number of para-hydroxylation sites is 1. The molecule has 0 saturated carbocycles. The molecule has 0 spiro atoms. The van der Waals surface area contributed by atoms with Crippen molar-refractivity contribution in [3.05, 3.63) is 30.3 Å². The van der Waals surface area contributed by atoms with Gasteiger partial charge in [-0.1, -0.05) is 139 Å². The molecule has 0 aromatic heterocycles. The molecule has 0 aliphatic heterocycles. The molecule has 0 radical (unpaired) electrons. The van der Waals surface area contributed by atoms with Crippen LogP contribution in [0, 0.1) is 0 Å². The second-order valence-electron chi connectivity index (χ2n) is 10.6. The van der Waals surface area contributed by atoms with Crippen molar-refractivity contribution in [1.29, 1.82) is 0 Å². The van der Waals surface area contributed by atoms with E-state index in [1.54, 1.807) is 0 Å². The molecule has 0 unspecified atom stereocenters. The van der Waals surface area contributed by atoms with Crippen LogP contribution < -0.4 is 4.90 Å². The van der Waals surface area contributed by atoms with Crippen LogP contribution in [0.1, 0.15) is 130 Å². The molecular formula is C32H61NP2. The molecule has 0 saturated heterocycles. The highest BCUT2D eigenvalue weighted by molar-refractivity contribution is 7.58. The van der Waals surface area contributed by atoms with Crippen LogP contribution in [0.4, 0.5) is 5.69 Å². The molecule has 204 valence electrons. The molecule has 0 amide bonds. The number of hydrogen-bond donors (Lipinski definition) is 0. The van der Waals surface area contributed by atoms with E-state index >= 15 is 0 Å². The maximum absolute atomic E-state index is 2.87. The Kier molecular flexibility index (Phi) is 22.8. The van der Waals surface area contributed by atoms with Crippen LogP contribution in [0.15, 0.2) is 30.3 Å². The minimum Gasteiger partial charge on any atom is -0.363 e. The zero-order valence-electron chi connectivity index (χ0n) is 24.3. The van der Waals surface area contributed by atoms with Gasteiger partial charge < -0.3 is 4.90 Å². The molecule has 35 heavy (non-hydrogen) atoms. The Morgan fingerprint density at radius 3 is 1.11 bits per heavy atom. The summed E-state index contributed by atoms with van der Waals surface area (Å²) in [4.78, 5) is 2.87. The van der Waals surface area contributed by atoms with Gasteiger partial charge in [0.15, 0.2) is 0 Å². The molecule has 1 aromatic rings. The normalized spacial score (nSPS) is 11.6. The standard InChI is InChI=1S/C32H61NP2/c1-5-9-13-20-26-34(27-21-14-10-6-2)30-33(32-24-18-17-19-25-32)31-35(28-22-15-11-7-3)29-23-16-12-8-4/h17-19,24-25H,5-16,20-23,26-31H2,1-4H3. The summed E-state index contributed by atoms with van der Waals surface area (Å²) in [6, 6.07) is 11.5. The first-order valence-corrected chi connectivity index (χ1v) is 19.3. The first kappa shape index (κ1) is 32.9. The molecule has 0 aliphatic rings. The van der Waals surface area contributed by atoms with Gasteiger partial charge in [0.2, 0.25) is 0 Å². The molecule has 0 aliphatic carbocycles. The third kappa shape index (κ3) is 17.9. The highest BCUT2D eigenvalue weighted by Crippen LogP contribution is 2.45. The second-order valence-corrected chi connectivity index (χ2v) is 15.7. The third-order valence-corrected chi connectivity index (χ3v) is 12.5. The summed E-state index contributed by atoms with van der Waals surface area (Å²) in [5.41, 5.74) is 1.50. The molecule has 0 N–H and O–H groups in total. The lowest BCUT2D eigenvalue weighted by Gasteiger charge is -2.34. The van der Waals surface area contributed by atoms with Crippen LogP contribution in [0.3, 0.4) is 0 Å². The molecule has 0 heterocycles. The van der Waals surface area contributed by atoms with Crippen molar-refractivity contribution in [2.24, 2.45) is 0 Å². The molecule has 3 heteroatoms. The Hall–Kier alpha value is -0.120. The number of hydrogen-bond acceptors (Lipinski definition) is 1. The van der Waals surface area contributed by atoms with Crippen LogP contribution >= 0.6 is 15.8 Å². The predicted molar refractivity (Wildman–Crippen MR) is 169 cm³/mol. The van der Waals surface area contributed by atoms with Gasteiger partial charge in [-0.15, -0.1) is 0 Å². The Labute approximate surface area is 224 Å². The first-order chi connectivity index (χ1) is 17.2. The van der Waals surface area contributed by atoms with Crippen LogP contribution in [0.2, 0.25) is 0 Å². The van der Waals surface area contributed by atoms with E-state index in [2.05, 4.69) is 62.9 Å².